The van der Waals surface area contributed by atoms with E-state index in [1.54, 1.807) is 146 Å². The van der Waals surface area contributed by atoms with Crippen molar-refractivity contribution in [1.29, 1.82) is 0 Å². The molecule has 0 saturated carbocycles. The van der Waals surface area contributed by atoms with Crippen molar-refractivity contribution < 1.29 is 86.0 Å². The van der Waals surface area contributed by atoms with Crippen molar-refractivity contribution in [2.24, 2.45) is 0 Å². The fourth-order valence-corrected chi connectivity index (χ4v) is 10.3. The van der Waals surface area contributed by atoms with Crippen LogP contribution in [-0.2, 0) is 52.1 Å². The average Bonchev–Trinajstić information content (AvgIpc) is 4.19. The van der Waals surface area contributed by atoms with Crippen LogP contribution in [0.15, 0.2) is 217 Å². The lowest BCUT2D eigenvalue weighted by Gasteiger charge is -2.29. The van der Waals surface area contributed by atoms with Crippen LogP contribution in [-0.4, -0.2) is 134 Å². The molecule has 3 fully saturated rings. The third-order valence-corrected chi connectivity index (χ3v) is 14.5. The predicted octanol–water partition coefficient (Wildman–Crippen LogP) is 8.33. The minimum atomic E-state index is -1.75. The van der Waals surface area contributed by atoms with Gasteiger partial charge in [0.05, 0.1) is 40.0 Å². The summed E-state index contributed by atoms with van der Waals surface area (Å²) in [6.07, 6.45) is -16.4. The normalized spacial score (nSPS) is 24.6. The largest absolute Gasteiger partial charge is 0.459 e. The molecule has 18 nitrogen and oxygen atoms in total. The molecule has 12 atom stereocenters. The maximum atomic E-state index is 14.3. The third-order valence-electron chi connectivity index (χ3n) is 13.3. The summed E-state index contributed by atoms with van der Waals surface area (Å²) in [6.45, 7) is -1.60. The lowest BCUT2D eigenvalue weighted by Crippen LogP contribution is -2.47. The summed E-state index contributed by atoms with van der Waals surface area (Å²) in [7, 11) is 0. The first-order valence-electron chi connectivity index (χ1n) is 26.2. The number of hydrogen-bond acceptors (Lipinski definition) is 19. The maximum absolute atomic E-state index is 14.3. The number of carbonyl (C=O) groups is 6. The number of aliphatic hydroxyl groups is 1. The maximum Gasteiger partial charge on any atom is 0.338 e. The smallest absolute Gasteiger partial charge is 0.338 e. The minimum absolute atomic E-state index is 0.101. The van der Waals surface area contributed by atoms with Gasteiger partial charge in [-0.1, -0.05) is 139 Å². The standard InChI is InChI=1S/C63H54O18S/c64-49-46(76-63(82-45-34-20-7-21-35-45)52(49)78-58(68)42-28-14-4-15-29-42)36-73-61-53(79-59(69)43-30-16-5-17-31-43)51(48(74-61)38-72-56(66)40-24-10-2-11-25-40)81-62-54(80-60(70)44-32-18-6-19-33-44)50(77-57(67)41-26-12-3-13-27-41)47(75-62)37-71-55(65)39-22-8-1-9-23-39/h1-35,46-54,61-64H,36-38H2/t46-,47-,48-,49-,50-,51-,52+,53+,54+,61+,62-,63-/m0/s1. The molecule has 3 aliphatic rings. The molecule has 0 amide bonds. The Kier molecular flexibility index (Phi) is 18.9. The lowest BCUT2D eigenvalue weighted by atomic mass is 10.1. The van der Waals surface area contributed by atoms with Crippen LogP contribution >= 0.6 is 11.8 Å². The molecule has 3 heterocycles. The van der Waals surface area contributed by atoms with Gasteiger partial charge in [0, 0.05) is 4.90 Å². The van der Waals surface area contributed by atoms with E-state index in [-0.39, 0.29) is 33.4 Å². The van der Waals surface area contributed by atoms with E-state index in [0.717, 1.165) is 4.90 Å². The first-order valence-corrected chi connectivity index (χ1v) is 27.1. The number of thioether (sulfide) groups is 1. The van der Waals surface area contributed by atoms with Crippen LogP contribution in [0.5, 0.6) is 0 Å². The summed E-state index contributed by atoms with van der Waals surface area (Å²) in [4.78, 5) is 83.8. The molecule has 0 unspecified atom stereocenters. The lowest BCUT2D eigenvalue weighted by molar-refractivity contribution is -0.216. The Morgan fingerprint density at radius 2 is 0.683 bits per heavy atom. The summed E-state index contributed by atoms with van der Waals surface area (Å²) >= 11 is 1.21. The van der Waals surface area contributed by atoms with Crippen molar-refractivity contribution in [3.63, 3.8) is 0 Å². The second-order valence-corrected chi connectivity index (χ2v) is 20.0. The van der Waals surface area contributed by atoms with Gasteiger partial charge in [-0.2, -0.15) is 0 Å². The molecule has 420 valence electrons. The first kappa shape index (κ1) is 56.7. The van der Waals surface area contributed by atoms with Gasteiger partial charge in [0.2, 0.25) is 0 Å². The van der Waals surface area contributed by atoms with Gasteiger partial charge in [0.25, 0.3) is 0 Å². The molecule has 0 radical (unpaired) electrons. The Hall–Kier alpha value is -8.53. The van der Waals surface area contributed by atoms with Gasteiger partial charge in [0.1, 0.15) is 49.2 Å². The van der Waals surface area contributed by atoms with Crippen molar-refractivity contribution in [3.8, 4) is 0 Å². The summed E-state index contributed by atoms with van der Waals surface area (Å²) in [6, 6.07) is 57.5. The highest BCUT2D eigenvalue weighted by Crippen LogP contribution is 2.39. The van der Waals surface area contributed by atoms with E-state index in [1.165, 1.54) is 48.2 Å². The van der Waals surface area contributed by atoms with Crippen LogP contribution in [0.1, 0.15) is 62.1 Å². The fourth-order valence-electron chi connectivity index (χ4n) is 9.19. The molecule has 0 bridgehead atoms. The van der Waals surface area contributed by atoms with Gasteiger partial charge < -0.3 is 57.2 Å². The zero-order valence-corrected chi connectivity index (χ0v) is 44.4. The van der Waals surface area contributed by atoms with E-state index < -0.39 is 129 Å². The quantitative estimate of drug-likeness (QED) is 0.0527. The van der Waals surface area contributed by atoms with Gasteiger partial charge in [-0.15, -0.1) is 0 Å². The molecule has 3 aliphatic heterocycles. The molecule has 82 heavy (non-hydrogen) atoms. The zero-order chi connectivity index (χ0) is 56.8. The second-order valence-electron chi connectivity index (χ2n) is 18.9. The number of carbonyl (C=O) groups excluding carboxylic acids is 6. The zero-order valence-electron chi connectivity index (χ0n) is 43.6. The van der Waals surface area contributed by atoms with Crippen LogP contribution < -0.4 is 0 Å². The van der Waals surface area contributed by atoms with Gasteiger partial charge in [-0.3, -0.25) is 0 Å². The number of rotatable bonds is 21. The Balaban J connectivity index is 0.990. The van der Waals surface area contributed by atoms with Crippen molar-refractivity contribution in [1.82, 2.24) is 0 Å². The van der Waals surface area contributed by atoms with Gasteiger partial charge in [-0.25, -0.2) is 28.8 Å². The molecule has 19 heteroatoms. The summed E-state index contributed by atoms with van der Waals surface area (Å²) < 4.78 is 68.8. The second kappa shape index (κ2) is 27.3. The molecule has 3 saturated heterocycles. The average molecular weight is 1130 g/mol. The minimum Gasteiger partial charge on any atom is -0.459 e. The third kappa shape index (κ3) is 14.1. The number of hydrogen-bond donors (Lipinski definition) is 1. The molecule has 0 aliphatic carbocycles. The molecule has 1 N–H and O–H groups in total. The molecule has 10 rings (SSSR count). The van der Waals surface area contributed by atoms with Crippen LogP contribution in [0.2, 0.25) is 0 Å². The van der Waals surface area contributed by atoms with Crippen LogP contribution in [0.25, 0.3) is 0 Å². The molecule has 7 aromatic rings. The Bertz CT molecular complexity index is 3240. The van der Waals surface area contributed by atoms with Crippen LogP contribution in [0.3, 0.4) is 0 Å². The molecule has 7 aromatic carbocycles. The monoisotopic (exact) mass is 1130 g/mol. The predicted molar refractivity (Wildman–Crippen MR) is 291 cm³/mol. The van der Waals surface area contributed by atoms with Gasteiger partial charge >= 0.3 is 35.8 Å². The van der Waals surface area contributed by atoms with E-state index in [9.17, 15) is 33.9 Å². The highest BCUT2D eigenvalue weighted by Gasteiger charge is 2.57. The van der Waals surface area contributed by atoms with Crippen molar-refractivity contribution in [3.05, 3.63) is 246 Å². The number of ether oxygens (including phenoxy) is 11. The Labute approximate surface area is 475 Å². The summed E-state index contributed by atoms with van der Waals surface area (Å²) in [5.74, 6) is -4.83. The fraction of sp³-hybridized carbons (Fsp3) is 0.238. The van der Waals surface area contributed by atoms with Crippen molar-refractivity contribution >= 4 is 47.6 Å². The summed E-state index contributed by atoms with van der Waals surface area (Å²) in [5, 5.41) is 12.0. The van der Waals surface area contributed by atoms with E-state index in [0.29, 0.717) is 0 Å². The van der Waals surface area contributed by atoms with Crippen molar-refractivity contribution in [2.75, 3.05) is 19.8 Å². The summed E-state index contributed by atoms with van der Waals surface area (Å²) in [5.41, 5.74) is 0.0244. The van der Waals surface area contributed by atoms with E-state index >= 15 is 0 Å². The molecule has 0 aromatic heterocycles. The van der Waals surface area contributed by atoms with Gasteiger partial charge in [0.15, 0.2) is 37.0 Å². The first-order chi connectivity index (χ1) is 40.1. The Morgan fingerprint density at radius 1 is 0.354 bits per heavy atom. The van der Waals surface area contributed by atoms with Crippen molar-refractivity contribution in [2.45, 2.75) is 77.8 Å². The van der Waals surface area contributed by atoms with Crippen LogP contribution in [0, 0.1) is 0 Å². The highest BCUT2D eigenvalue weighted by molar-refractivity contribution is 7.99. The topological polar surface area (TPSA) is 224 Å². The SMILES string of the molecule is O=C(OC[C@@H]1O[C@@H](O[C@@H]2[C@@H](OC(=O)c3ccccc3)[C@H](OC[C@@H]3O[C@@H](Sc4ccccc4)[C@H](OC(=O)c4ccccc4)[C@H]3O)O[C@H]2COC(=O)c2ccccc2)[C@H](OC(=O)c2ccccc2)[C@H]1OC(=O)c1ccccc1)c1ccccc1. The highest BCUT2D eigenvalue weighted by atomic mass is 32.2. The van der Waals surface area contributed by atoms with Gasteiger partial charge in [-0.05, 0) is 84.9 Å². The molecular weight excluding hydrogens is 1080 g/mol. The molecule has 0 spiro atoms. The van der Waals surface area contributed by atoms with Crippen LogP contribution in [0.4, 0.5) is 0 Å². The number of aliphatic hydroxyl groups excluding tert-OH is 1. The molecular formula is C63H54O18S. The van der Waals surface area contributed by atoms with E-state index in [2.05, 4.69) is 0 Å². The van der Waals surface area contributed by atoms with E-state index in [1.807, 2.05) is 30.3 Å². The number of esters is 6. The van der Waals surface area contributed by atoms with E-state index in [4.69, 9.17) is 52.1 Å². The Morgan fingerprint density at radius 3 is 1.10 bits per heavy atom. The number of benzene rings is 7.